The third-order valence-corrected chi connectivity index (χ3v) is 2.65. The molecule has 0 bridgehead atoms. The molecule has 15 heavy (non-hydrogen) atoms. The molecule has 0 fully saturated rings. The molecular formula is C10H19N2O2Si. The van der Waals surface area contributed by atoms with Crippen molar-refractivity contribution < 1.29 is 9.05 Å². The molecule has 5 heteroatoms. The van der Waals surface area contributed by atoms with Crippen molar-refractivity contribution >= 4 is 20.7 Å². The van der Waals surface area contributed by atoms with Gasteiger partial charge in [0.2, 0.25) is 0 Å². The Morgan fingerprint density at radius 1 is 1.13 bits per heavy atom. The van der Waals surface area contributed by atoms with Gasteiger partial charge in [0.15, 0.2) is 0 Å². The molecule has 0 heterocycles. The molecule has 0 saturated carbocycles. The van der Waals surface area contributed by atoms with Gasteiger partial charge in [-0.25, -0.2) is 0 Å². The number of hydrogen-bond acceptors (Lipinski definition) is 4. The fraction of sp³-hybridized carbons (Fsp3) is 0.600. The van der Waals surface area contributed by atoms with Crippen LogP contribution >= 0.6 is 0 Å². The predicted molar refractivity (Wildman–Crippen MR) is 64.9 cm³/mol. The highest BCUT2D eigenvalue weighted by Gasteiger charge is 2.14. The first-order valence-corrected chi connectivity index (χ1v) is 6.43. The van der Waals surface area contributed by atoms with Crippen molar-refractivity contribution in [2.24, 2.45) is 10.3 Å². The van der Waals surface area contributed by atoms with Crippen molar-refractivity contribution in [3.05, 3.63) is 12.3 Å². The van der Waals surface area contributed by atoms with Crippen LogP contribution in [0.5, 0.6) is 0 Å². The van der Waals surface area contributed by atoms with Gasteiger partial charge in [0.05, 0.1) is 11.4 Å². The summed E-state index contributed by atoms with van der Waals surface area (Å²) in [5.41, 5.74) is 3.47. The fourth-order valence-corrected chi connectivity index (χ4v) is 1.14. The molecule has 0 aliphatic rings. The molecule has 0 aromatic carbocycles. The quantitative estimate of drug-likeness (QED) is 0.381. The van der Waals surface area contributed by atoms with Gasteiger partial charge in [-0.1, -0.05) is 13.8 Å². The highest BCUT2D eigenvalue weighted by atomic mass is 28.3. The number of rotatable bonds is 7. The molecular weight excluding hydrogens is 208 g/mol. The van der Waals surface area contributed by atoms with Gasteiger partial charge in [-0.2, -0.15) is 0 Å². The maximum absolute atomic E-state index is 5.18. The van der Waals surface area contributed by atoms with Crippen LogP contribution in [0.1, 0.15) is 40.5 Å². The Kier molecular flexibility index (Phi) is 7.62. The van der Waals surface area contributed by atoms with Crippen molar-refractivity contribution in [3.8, 4) is 0 Å². The van der Waals surface area contributed by atoms with Gasteiger partial charge in [-0.3, -0.25) is 0 Å². The first kappa shape index (κ1) is 13.9. The van der Waals surface area contributed by atoms with E-state index in [0.29, 0.717) is 0 Å². The monoisotopic (exact) mass is 227 g/mol. The van der Waals surface area contributed by atoms with E-state index in [2.05, 4.69) is 16.9 Å². The lowest BCUT2D eigenvalue weighted by atomic mass is 10.3. The molecule has 0 aromatic heterocycles. The maximum atomic E-state index is 5.18. The Balaban J connectivity index is 4.10. The molecule has 0 aromatic rings. The van der Waals surface area contributed by atoms with Gasteiger partial charge in [-0.15, -0.1) is 16.9 Å². The van der Waals surface area contributed by atoms with Gasteiger partial charge in [-0.05, 0) is 32.4 Å². The molecule has 0 N–H and O–H groups in total. The van der Waals surface area contributed by atoms with E-state index in [4.69, 9.17) is 9.05 Å². The molecule has 0 unspecified atom stereocenters. The Hall–Kier alpha value is -1.10. The minimum Gasteiger partial charge on any atom is -0.399 e. The van der Waals surface area contributed by atoms with E-state index in [0.717, 1.165) is 24.3 Å². The average molecular weight is 227 g/mol. The summed E-state index contributed by atoms with van der Waals surface area (Å²) >= 11 is 0. The summed E-state index contributed by atoms with van der Waals surface area (Å²) < 4.78 is 10.4. The van der Waals surface area contributed by atoms with Crippen LogP contribution in [0.2, 0.25) is 0 Å². The van der Waals surface area contributed by atoms with E-state index >= 15 is 0 Å². The third-order valence-electron chi connectivity index (χ3n) is 1.77. The topological polar surface area (TPSA) is 43.2 Å². The Morgan fingerprint density at radius 3 is 1.80 bits per heavy atom. The van der Waals surface area contributed by atoms with Crippen molar-refractivity contribution in [2.75, 3.05) is 0 Å². The van der Waals surface area contributed by atoms with E-state index in [1.807, 2.05) is 27.7 Å². The standard InChI is InChI=1S/C10H19N2O2Si/c1-6-9(4)11-13-15(8-3)14-12-10(5)7-2/h8H,3,6-7H2,1-2,4-5H3. The molecule has 0 atom stereocenters. The molecule has 0 aliphatic heterocycles. The Morgan fingerprint density at radius 2 is 1.53 bits per heavy atom. The summed E-state index contributed by atoms with van der Waals surface area (Å²) in [6.45, 7) is 11.5. The van der Waals surface area contributed by atoms with E-state index in [9.17, 15) is 0 Å². The summed E-state index contributed by atoms with van der Waals surface area (Å²) in [5, 5.41) is 7.83. The molecule has 0 amide bonds. The van der Waals surface area contributed by atoms with E-state index in [1.165, 1.54) is 0 Å². The molecule has 4 nitrogen and oxygen atoms in total. The van der Waals surface area contributed by atoms with E-state index in [-0.39, 0.29) is 0 Å². The molecule has 0 spiro atoms. The lowest BCUT2D eigenvalue weighted by molar-refractivity contribution is 0.221. The molecule has 0 aliphatic carbocycles. The minimum atomic E-state index is -1.61. The van der Waals surface area contributed by atoms with Crippen LogP contribution < -0.4 is 0 Å². The van der Waals surface area contributed by atoms with Crippen molar-refractivity contribution in [1.82, 2.24) is 0 Å². The van der Waals surface area contributed by atoms with Gasteiger partial charge in [0, 0.05) is 0 Å². The van der Waals surface area contributed by atoms with Crippen molar-refractivity contribution in [3.63, 3.8) is 0 Å². The number of nitrogens with zero attached hydrogens (tertiary/aromatic N) is 2. The summed E-state index contributed by atoms with van der Waals surface area (Å²) in [7, 11) is -1.61. The van der Waals surface area contributed by atoms with Gasteiger partial charge >= 0.3 is 9.28 Å². The number of oxime groups is 2. The summed E-state index contributed by atoms with van der Waals surface area (Å²) in [6.07, 6.45) is 1.73. The van der Waals surface area contributed by atoms with Crippen molar-refractivity contribution in [1.29, 1.82) is 0 Å². The second-order valence-corrected chi connectivity index (χ2v) is 4.48. The lowest BCUT2D eigenvalue weighted by Crippen LogP contribution is -2.16. The zero-order valence-electron chi connectivity index (χ0n) is 9.91. The van der Waals surface area contributed by atoms with Gasteiger partial charge in [0.1, 0.15) is 0 Å². The zero-order valence-corrected chi connectivity index (χ0v) is 10.9. The predicted octanol–water partition coefficient (Wildman–Crippen LogP) is 2.80. The average Bonchev–Trinajstić information content (AvgIpc) is 2.28. The van der Waals surface area contributed by atoms with Crippen LogP contribution in [-0.2, 0) is 9.05 Å². The molecule has 1 radical (unpaired) electrons. The third kappa shape index (κ3) is 6.90. The highest BCUT2D eigenvalue weighted by molar-refractivity contribution is 6.50. The Bertz CT molecular complexity index is 230. The fourth-order valence-electron chi connectivity index (χ4n) is 0.466. The van der Waals surface area contributed by atoms with E-state index in [1.54, 1.807) is 5.70 Å². The Labute approximate surface area is 93.5 Å². The van der Waals surface area contributed by atoms with Crippen LogP contribution in [0.4, 0.5) is 0 Å². The second kappa shape index (κ2) is 8.23. The van der Waals surface area contributed by atoms with E-state index < -0.39 is 9.28 Å². The number of hydrogen-bond donors (Lipinski definition) is 0. The first-order valence-electron chi connectivity index (χ1n) is 5.04. The first-order chi connectivity index (χ1) is 7.13. The van der Waals surface area contributed by atoms with Crippen LogP contribution in [0.15, 0.2) is 22.6 Å². The second-order valence-electron chi connectivity index (χ2n) is 3.07. The van der Waals surface area contributed by atoms with Crippen LogP contribution in [0.3, 0.4) is 0 Å². The summed E-state index contributed by atoms with van der Waals surface area (Å²) in [4.78, 5) is 0. The minimum absolute atomic E-state index is 0.865. The summed E-state index contributed by atoms with van der Waals surface area (Å²) in [5.74, 6) is 0. The summed E-state index contributed by atoms with van der Waals surface area (Å²) in [6, 6.07) is 0. The van der Waals surface area contributed by atoms with Gasteiger partial charge in [0.25, 0.3) is 0 Å². The van der Waals surface area contributed by atoms with Gasteiger partial charge < -0.3 is 9.05 Å². The largest absolute Gasteiger partial charge is 0.608 e. The van der Waals surface area contributed by atoms with Crippen LogP contribution in [0.25, 0.3) is 0 Å². The smallest absolute Gasteiger partial charge is 0.399 e. The maximum Gasteiger partial charge on any atom is 0.608 e. The molecule has 85 valence electrons. The highest BCUT2D eigenvalue weighted by Crippen LogP contribution is 1.96. The van der Waals surface area contributed by atoms with Crippen LogP contribution in [-0.4, -0.2) is 20.7 Å². The molecule has 0 rings (SSSR count). The SMILES string of the molecule is C=C[Si](ON=C(C)CC)ON=C(C)CC. The van der Waals surface area contributed by atoms with Crippen LogP contribution in [0, 0.1) is 0 Å². The van der Waals surface area contributed by atoms with Crippen molar-refractivity contribution in [2.45, 2.75) is 40.5 Å². The normalized spacial score (nSPS) is 12.9. The lowest BCUT2D eigenvalue weighted by Gasteiger charge is -2.05. The zero-order chi connectivity index (χ0) is 11.7. The molecule has 0 saturated heterocycles.